The van der Waals surface area contributed by atoms with Crippen molar-refractivity contribution in [2.45, 2.75) is 13.5 Å². The average Bonchev–Trinajstić information content (AvgIpc) is 3.15. The van der Waals surface area contributed by atoms with Crippen LogP contribution < -0.4 is 10.2 Å². The highest BCUT2D eigenvalue weighted by atomic mass is 35.5. The zero-order valence-electron chi connectivity index (χ0n) is 13.4. The van der Waals surface area contributed by atoms with Gasteiger partial charge in [-0.3, -0.25) is 4.90 Å². The molecule has 2 amide bonds. The highest BCUT2D eigenvalue weighted by molar-refractivity contribution is 6.30. The first kappa shape index (κ1) is 16.1. The Morgan fingerprint density at radius 2 is 2.04 bits per heavy atom. The molecule has 0 unspecified atom stereocenters. The standard InChI is InChI=1S/C17H17ClN4O2/c1-12-3-8-15(24-12)11-22(16-19-9-10-21(16)2)17(23)20-14-6-4-13(18)5-7-14/h3-10H,11H2,1-2H3,(H,20,23). The summed E-state index contributed by atoms with van der Waals surface area (Å²) in [5.41, 5.74) is 0.652. The molecule has 1 aromatic carbocycles. The summed E-state index contributed by atoms with van der Waals surface area (Å²) in [6.07, 6.45) is 3.43. The number of carbonyl (C=O) groups excluding carboxylic acids is 1. The van der Waals surface area contributed by atoms with Gasteiger partial charge in [0.25, 0.3) is 0 Å². The Hall–Kier alpha value is -2.73. The van der Waals surface area contributed by atoms with E-state index in [0.717, 1.165) is 5.76 Å². The van der Waals surface area contributed by atoms with Crippen LogP contribution in [0.4, 0.5) is 16.4 Å². The molecule has 24 heavy (non-hydrogen) atoms. The van der Waals surface area contributed by atoms with Gasteiger partial charge in [-0.2, -0.15) is 0 Å². The zero-order valence-corrected chi connectivity index (χ0v) is 14.1. The number of nitrogens with one attached hydrogen (secondary N) is 1. The topological polar surface area (TPSA) is 63.3 Å². The molecule has 0 aliphatic heterocycles. The Bertz CT molecular complexity index is 838. The molecular weight excluding hydrogens is 328 g/mol. The van der Waals surface area contributed by atoms with Gasteiger partial charge in [-0.15, -0.1) is 0 Å². The van der Waals surface area contributed by atoms with Crippen LogP contribution in [0, 0.1) is 6.92 Å². The molecule has 0 saturated heterocycles. The second-order valence-electron chi connectivity index (χ2n) is 5.37. The lowest BCUT2D eigenvalue weighted by molar-refractivity contribution is 0.255. The molecule has 0 saturated carbocycles. The van der Waals surface area contributed by atoms with Gasteiger partial charge in [0.15, 0.2) is 0 Å². The minimum atomic E-state index is -0.305. The fourth-order valence-electron chi connectivity index (χ4n) is 2.30. The predicted molar refractivity (Wildman–Crippen MR) is 93.3 cm³/mol. The van der Waals surface area contributed by atoms with E-state index in [9.17, 15) is 4.79 Å². The van der Waals surface area contributed by atoms with E-state index in [0.29, 0.717) is 22.4 Å². The van der Waals surface area contributed by atoms with Gasteiger partial charge < -0.3 is 14.3 Å². The number of benzene rings is 1. The highest BCUT2D eigenvalue weighted by Crippen LogP contribution is 2.19. The number of halogens is 1. The molecule has 2 aromatic heterocycles. The van der Waals surface area contributed by atoms with Crippen molar-refractivity contribution < 1.29 is 9.21 Å². The van der Waals surface area contributed by atoms with Gasteiger partial charge in [-0.25, -0.2) is 9.78 Å². The van der Waals surface area contributed by atoms with E-state index in [1.165, 1.54) is 4.90 Å². The molecule has 124 valence electrons. The number of aromatic nitrogens is 2. The number of urea groups is 1. The maximum Gasteiger partial charge on any atom is 0.329 e. The Morgan fingerprint density at radius 1 is 1.29 bits per heavy atom. The van der Waals surface area contributed by atoms with Crippen LogP contribution in [-0.2, 0) is 13.6 Å². The van der Waals surface area contributed by atoms with Crippen LogP contribution in [0.25, 0.3) is 0 Å². The maximum absolute atomic E-state index is 12.7. The summed E-state index contributed by atoms with van der Waals surface area (Å²) in [6.45, 7) is 2.14. The third kappa shape index (κ3) is 3.60. The molecule has 0 atom stereocenters. The highest BCUT2D eigenvalue weighted by Gasteiger charge is 2.21. The van der Waals surface area contributed by atoms with E-state index >= 15 is 0 Å². The van der Waals surface area contributed by atoms with E-state index in [4.69, 9.17) is 16.0 Å². The van der Waals surface area contributed by atoms with Gasteiger partial charge in [-0.05, 0) is 43.3 Å². The molecule has 6 nitrogen and oxygen atoms in total. The Balaban J connectivity index is 1.84. The summed E-state index contributed by atoms with van der Waals surface area (Å²) < 4.78 is 7.37. The van der Waals surface area contributed by atoms with Crippen molar-refractivity contribution in [1.29, 1.82) is 0 Å². The summed E-state index contributed by atoms with van der Waals surface area (Å²) in [6, 6.07) is 10.3. The smallest absolute Gasteiger partial charge is 0.329 e. The lowest BCUT2D eigenvalue weighted by Gasteiger charge is -2.21. The summed E-state index contributed by atoms with van der Waals surface area (Å²) in [5.74, 6) is 2.00. The molecule has 0 fully saturated rings. The molecule has 0 aliphatic carbocycles. The number of aryl methyl sites for hydroxylation is 2. The lowest BCUT2D eigenvalue weighted by Crippen LogP contribution is -2.36. The van der Waals surface area contributed by atoms with Crippen LogP contribution in [0.5, 0.6) is 0 Å². The molecule has 2 heterocycles. The Morgan fingerprint density at radius 3 is 2.62 bits per heavy atom. The number of hydrogen-bond donors (Lipinski definition) is 1. The molecule has 0 radical (unpaired) electrons. The van der Waals surface area contributed by atoms with Gasteiger partial charge in [0, 0.05) is 30.2 Å². The first-order valence-corrected chi connectivity index (χ1v) is 7.77. The molecular formula is C17H17ClN4O2. The molecule has 0 spiro atoms. The van der Waals surface area contributed by atoms with Gasteiger partial charge >= 0.3 is 6.03 Å². The number of rotatable bonds is 4. The van der Waals surface area contributed by atoms with E-state index < -0.39 is 0 Å². The van der Waals surface area contributed by atoms with Crippen molar-refractivity contribution in [3.63, 3.8) is 0 Å². The number of nitrogens with zero attached hydrogens (tertiary/aromatic N) is 3. The van der Waals surface area contributed by atoms with Crippen molar-refractivity contribution >= 4 is 29.3 Å². The summed E-state index contributed by atoms with van der Waals surface area (Å²) in [7, 11) is 1.83. The van der Waals surface area contributed by atoms with Crippen LogP contribution >= 0.6 is 11.6 Å². The van der Waals surface area contributed by atoms with Crippen LogP contribution in [0.15, 0.2) is 53.2 Å². The predicted octanol–water partition coefficient (Wildman–Crippen LogP) is 4.21. The number of amides is 2. The van der Waals surface area contributed by atoms with Crippen molar-refractivity contribution in [3.05, 3.63) is 65.3 Å². The molecule has 0 aliphatic rings. The van der Waals surface area contributed by atoms with Gasteiger partial charge in [0.05, 0.1) is 6.54 Å². The fourth-order valence-corrected chi connectivity index (χ4v) is 2.43. The Labute approximate surface area is 144 Å². The van der Waals surface area contributed by atoms with Crippen LogP contribution in [-0.4, -0.2) is 15.6 Å². The largest absolute Gasteiger partial charge is 0.464 e. The summed E-state index contributed by atoms with van der Waals surface area (Å²) >= 11 is 5.87. The SMILES string of the molecule is Cc1ccc(CN(C(=O)Nc2ccc(Cl)cc2)c2nccn2C)o1. The molecule has 3 aromatic rings. The molecule has 3 rings (SSSR count). The number of hydrogen-bond acceptors (Lipinski definition) is 3. The second kappa shape index (κ2) is 6.80. The van der Waals surface area contributed by atoms with Crippen molar-refractivity contribution in [2.24, 2.45) is 7.05 Å². The Kier molecular flexibility index (Phi) is 4.57. The minimum absolute atomic E-state index is 0.276. The first-order chi connectivity index (χ1) is 11.5. The van der Waals surface area contributed by atoms with Crippen LogP contribution in [0.2, 0.25) is 5.02 Å². The van der Waals surface area contributed by atoms with Crippen LogP contribution in [0.1, 0.15) is 11.5 Å². The number of imidazole rings is 1. The maximum atomic E-state index is 12.7. The third-order valence-electron chi connectivity index (χ3n) is 3.49. The summed E-state index contributed by atoms with van der Waals surface area (Å²) in [5, 5.41) is 3.46. The van der Waals surface area contributed by atoms with Gasteiger partial charge in [0.2, 0.25) is 5.95 Å². The third-order valence-corrected chi connectivity index (χ3v) is 3.74. The lowest BCUT2D eigenvalue weighted by atomic mass is 10.3. The van der Waals surface area contributed by atoms with Crippen molar-refractivity contribution in [2.75, 3.05) is 10.2 Å². The number of carbonyl (C=O) groups is 1. The average molecular weight is 345 g/mol. The normalized spacial score (nSPS) is 10.6. The summed E-state index contributed by atoms with van der Waals surface area (Å²) in [4.78, 5) is 18.5. The zero-order chi connectivity index (χ0) is 17.1. The van der Waals surface area contributed by atoms with E-state index in [2.05, 4.69) is 10.3 Å². The van der Waals surface area contributed by atoms with Crippen LogP contribution in [0.3, 0.4) is 0 Å². The fraction of sp³-hybridized carbons (Fsp3) is 0.176. The van der Waals surface area contributed by atoms with E-state index in [1.807, 2.05) is 26.1 Å². The molecule has 1 N–H and O–H groups in total. The number of furan rings is 1. The first-order valence-electron chi connectivity index (χ1n) is 7.39. The molecule has 0 bridgehead atoms. The van der Waals surface area contributed by atoms with Gasteiger partial charge in [0.1, 0.15) is 11.5 Å². The van der Waals surface area contributed by atoms with Gasteiger partial charge in [-0.1, -0.05) is 11.6 Å². The monoisotopic (exact) mass is 344 g/mol. The second-order valence-corrected chi connectivity index (χ2v) is 5.81. The van der Waals surface area contributed by atoms with Crippen molar-refractivity contribution in [3.8, 4) is 0 Å². The van der Waals surface area contributed by atoms with E-state index in [1.54, 1.807) is 41.2 Å². The number of anilines is 2. The van der Waals surface area contributed by atoms with Crippen molar-refractivity contribution in [1.82, 2.24) is 9.55 Å². The van der Waals surface area contributed by atoms with E-state index in [-0.39, 0.29) is 12.6 Å². The quantitative estimate of drug-likeness (QED) is 0.771. The molecule has 7 heteroatoms. The minimum Gasteiger partial charge on any atom is -0.464 e.